The number of nitrogens with one attached hydrogen (secondary N) is 1. The van der Waals surface area contributed by atoms with E-state index in [1.165, 1.54) is 0 Å². The maximum absolute atomic E-state index is 12.6. The zero-order chi connectivity index (χ0) is 14.9. The second kappa shape index (κ2) is 6.02. The first kappa shape index (κ1) is 15.8. The van der Waals surface area contributed by atoms with Crippen LogP contribution in [0.3, 0.4) is 0 Å². The van der Waals surface area contributed by atoms with Crippen molar-refractivity contribution < 1.29 is 9.53 Å². The molecule has 4 nitrogen and oxygen atoms in total. The third kappa shape index (κ3) is 3.01. The van der Waals surface area contributed by atoms with Gasteiger partial charge >= 0.3 is 0 Å². The van der Waals surface area contributed by atoms with E-state index < -0.39 is 0 Å². The molecule has 1 aliphatic carbocycles. The molecule has 1 amide bonds. The van der Waals surface area contributed by atoms with Crippen molar-refractivity contribution in [1.82, 2.24) is 5.32 Å². The molecule has 2 fully saturated rings. The van der Waals surface area contributed by atoms with E-state index in [1.54, 1.807) is 0 Å². The normalized spacial score (nSPS) is 38.5. The highest BCUT2D eigenvalue weighted by Crippen LogP contribution is 2.44. The molecule has 5 unspecified atom stereocenters. The lowest BCUT2D eigenvalue weighted by Gasteiger charge is -2.46. The van der Waals surface area contributed by atoms with E-state index in [1.807, 2.05) is 0 Å². The van der Waals surface area contributed by atoms with Crippen LogP contribution in [0.15, 0.2) is 0 Å². The van der Waals surface area contributed by atoms with Gasteiger partial charge in [0.1, 0.15) is 0 Å². The highest BCUT2D eigenvalue weighted by atomic mass is 16.5. The van der Waals surface area contributed by atoms with Crippen molar-refractivity contribution in [2.75, 3.05) is 13.2 Å². The molecular weight excluding hydrogens is 252 g/mol. The third-order valence-corrected chi connectivity index (χ3v) is 5.86. The SMILES string of the molecule is CC(NC(=O)C1CCC(N)C(C)C1(C)C)C1CCOC1. The first-order valence-corrected chi connectivity index (χ1v) is 7.97. The minimum Gasteiger partial charge on any atom is -0.381 e. The van der Waals surface area contributed by atoms with Gasteiger partial charge in [-0.1, -0.05) is 20.8 Å². The number of hydrogen-bond donors (Lipinski definition) is 2. The minimum absolute atomic E-state index is 0.0341. The quantitative estimate of drug-likeness (QED) is 0.831. The van der Waals surface area contributed by atoms with Gasteiger partial charge in [0.15, 0.2) is 0 Å². The van der Waals surface area contributed by atoms with Crippen LogP contribution in [0, 0.1) is 23.2 Å². The molecule has 1 aliphatic heterocycles. The number of carbonyl (C=O) groups excluding carboxylic acids is 1. The van der Waals surface area contributed by atoms with Crippen molar-refractivity contribution in [2.45, 2.75) is 59.0 Å². The summed E-state index contributed by atoms with van der Waals surface area (Å²) in [5, 5.41) is 3.22. The number of carbonyl (C=O) groups is 1. The molecule has 1 heterocycles. The van der Waals surface area contributed by atoms with E-state index in [-0.39, 0.29) is 29.3 Å². The van der Waals surface area contributed by atoms with Crippen LogP contribution in [0.25, 0.3) is 0 Å². The molecule has 1 saturated carbocycles. The van der Waals surface area contributed by atoms with E-state index in [0.29, 0.717) is 11.8 Å². The van der Waals surface area contributed by atoms with Crippen LogP contribution in [0.4, 0.5) is 0 Å². The molecule has 0 aromatic heterocycles. The second-order valence-corrected chi connectivity index (χ2v) is 7.32. The minimum atomic E-state index is -0.0341. The van der Waals surface area contributed by atoms with Gasteiger partial charge in [0.2, 0.25) is 5.91 Å². The fourth-order valence-corrected chi connectivity index (χ4v) is 3.71. The molecular formula is C16H30N2O2. The Hall–Kier alpha value is -0.610. The molecule has 2 rings (SSSR count). The number of nitrogens with two attached hydrogens (primary N) is 1. The van der Waals surface area contributed by atoms with Crippen LogP contribution in [0.5, 0.6) is 0 Å². The topological polar surface area (TPSA) is 64.4 Å². The number of amides is 1. The molecule has 0 aromatic rings. The smallest absolute Gasteiger partial charge is 0.223 e. The summed E-state index contributed by atoms with van der Waals surface area (Å²) in [4.78, 5) is 12.6. The van der Waals surface area contributed by atoms with Crippen molar-refractivity contribution in [1.29, 1.82) is 0 Å². The Morgan fingerprint density at radius 2 is 2.05 bits per heavy atom. The molecule has 116 valence electrons. The van der Waals surface area contributed by atoms with Gasteiger partial charge in [-0.3, -0.25) is 4.79 Å². The lowest BCUT2D eigenvalue weighted by molar-refractivity contribution is -0.133. The second-order valence-electron chi connectivity index (χ2n) is 7.32. The predicted octanol–water partition coefficient (Wildman–Crippen LogP) is 1.93. The molecule has 20 heavy (non-hydrogen) atoms. The first-order valence-electron chi connectivity index (χ1n) is 7.97. The molecule has 0 radical (unpaired) electrons. The third-order valence-electron chi connectivity index (χ3n) is 5.86. The maximum Gasteiger partial charge on any atom is 0.223 e. The number of ether oxygens (including phenoxy) is 1. The van der Waals surface area contributed by atoms with Crippen LogP contribution in [-0.4, -0.2) is 31.2 Å². The van der Waals surface area contributed by atoms with Gasteiger partial charge in [-0.05, 0) is 37.5 Å². The Bertz CT molecular complexity index is 350. The molecule has 0 aromatic carbocycles. The van der Waals surface area contributed by atoms with Gasteiger partial charge in [0.25, 0.3) is 0 Å². The summed E-state index contributed by atoms with van der Waals surface area (Å²) in [7, 11) is 0. The van der Waals surface area contributed by atoms with E-state index in [9.17, 15) is 4.79 Å². The van der Waals surface area contributed by atoms with E-state index in [0.717, 1.165) is 32.5 Å². The number of rotatable bonds is 3. The summed E-state index contributed by atoms with van der Waals surface area (Å²) >= 11 is 0. The van der Waals surface area contributed by atoms with Gasteiger partial charge in [-0.25, -0.2) is 0 Å². The van der Waals surface area contributed by atoms with Gasteiger partial charge in [-0.2, -0.15) is 0 Å². The summed E-state index contributed by atoms with van der Waals surface area (Å²) < 4.78 is 5.41. The van der Waals surface area contributed by atoms with Crippen LogP contribution < -0.4 is 11.1 Å². The molecule has 0 bridgehead atoms. The number of hydrogen-bond acceptors (Lipinski definition) is 3. The lowest BCUT2D eigenvalue weighted by Crippen LogP contribution is -2.53. The lowest BCUT2D eigenvalue weighted by atomic mass is 9.61. The Morgan fingerprint density at radius 3 is 2.65 bits per heavy atom. The Labute approximate surface area is 122 Å². The standard InChI is InChI=1S/C16H30N2O2/c1-10-14(17)6-5-13(16(10,3)4)15(19)18-11(2)12-7-8-20-9-12/h10-14H,5-9,17H2,1-4H3,(H,18,19). The zero-order valence-corrected chi connectivity index (χ0v) is 13.3. The van der Waals surface area contributed by atoms with E-state index in [4.69, 9.17) is 10.5 Å². The summed E-state index contributed by atoms with van der Waals surface area (Å²) in [6.07, 6.45) is 2.90. The Balaban J connectivity index is 1.97. The highest BCUT2D eigenvalue weighted by molar-refractivity contribution is 5.80. The molecule has 1 saturated heterocycles. The summed E-state index contributed by atoms with van der Waals surface area (Å²) in [6, 6.07) is 0.418. The maximum atomic E-state index is 12.6. The molecule has 0 spiro atoms. The van der Waals surface area contributed by atoms with Crippen molar-refractivity contribution in [3.05, 3.63) is 0 Å². The van der Waals surface area contributed by atoms with Gasteiger partial charge in [0, 0.05) is 30.5 Å². The van der Waals surface area contributed by atoms with Crippen molar-refractivity contribution in [3.8, 4) is 0 Å². The van der Waals surface area contributed by atoms with Crippen LogP contribution in [-0.2, 0) is 9.53 Å². The molecule has 5 atom stereocenters. The largest absolute Gasteiger partial charge is 0.381 e. The average Bonchev–Trinajstić information content (AvgIpc) is 2.89. The Kier molecular flexibility index (Phi) is 4.75. The summed E-state index contributed by atoms with van der Waals surface area (Å²) in [5.74, 6) is 1.11. The fraction of sp³-hybridized carbons (Fsp3) is 0.938. The van der Waals surface area contributed by atoms with E-state index in [2.05, 4.69) is 33.0 Å². The van der Waals surface area contributed by atoms with Crippen LogP contribution in [0.1, 0.15) is 47.0 Å². The first-order chi connectivity index (χ1) is 9.34. The zero-order valence-electron chi connectivity index (χ0n) is 13.3. The molecule has 2 aliphatic rings. The monoisotopic (exact) mass is 282 g/mol. The van der Waals surface area contributed by atoms with E-state index >= 15 is 0 Å². The average molecular weight is 282 g/mol. The molecule has 3 N–H and O–H groups in total. The van der Waals surface area contributed by atoms with Gasteiger partial charge in [0.05, 0.1) is 6.61 Å². The van der Waals surface area contributed by atoms with Gasteiger partial charge in [-0.15, -0.1) is 0 Å². The fourth-order valence-electron chi connectivity index (χ4n) is 3.71. The predicted molar refractivity (Wildman–Crippen MR) is 80.2 cm³/mol. The highest BCUT2D eigenvalue weighted by Gasteiger charge is 2.45. The van der Waals surface area contributed by atoms with Crippen molar-refractivity contribution in [3.63, 3.8) is 0 Å². The van der Waals surface area contributed by atoms with Crippen molar-refractivity contribution in [2.24, 2.45) is 28.9 Å². The van der Waals surface area contributed by atoms with Crippen LogP contribution in [0.2, 0.25) is 0 Å². The van der Waals surface area contributed by atoms with Gasteiger partial charge < -0.3 is 15.8 Å². The molecule has 4 heteroatoms. The Morgan fingerprint density at radius 1 is 1.35 bits per heavy atom. The van der Waals surface area contributed by atoms with Crippen molar-refractivity contribution >= 4 is 5.91 Å². The summed E-state index contributed by atoms with van der Waals surface area (Å²) in [5.41, 5.74) is 6.13. The van der Waals surface area contributed by atoms with Crippen LogP contribution >= 0.6 is 0 Å². The summed E-state index contributed by atoms with van der Waals surface area (Å²) in [6.45, 7) is 10.2.